The molecule has 3 aromatic rings. The van der Waals surface area contributed by atoms with E-state index in [9.17, 15) is 4.79 Å². The van der Waals surface area contributed by atoms with Crippen molar-refractivity contribution in [3.63, 3.8) is 0 Å². The minimum Gasteiger partial charge on any atom is -0.294 e. The number of hydrogen-bond donors (Lipinski definition) is 0. The standard InChI is InChI=1S/C15H14N4O/c1-10-5-12(6-17-11(10)2)8-19-9-18-14-7-16-4-3-13(14)15(19)20/h3-7,9H,8H2,1-2H3. The summed E-state index contributed by atoms with van der Waals surface area (Å²) in [4.78, 5) is 24.9. The molecule has 0 atom stereocenters. The molecular weight excluding hydrogens is 252 g/mol. The molecule has 0 fully saturated rings. The molecule has 0 aliphatic carbocycles. The third-order valence-corrected chi connectivity index (χ3v) is 3.38. The van der Waals surface area contributed by atoms with Gasteiger partial charge in [0.2, 0.25) is 0 Å². The first-order chi connectivity index (χ1) is 9.65. The minimum atomic E-state index is -0.0596. The summed E-state index contributed by atoms with van der Waals surface area (Å²) >= 11 is 0. The van der Waals surface area contributed by atoms with Gasteiger partial charge in [0, 0.05) is 18.1 Å². The van der Waals surface area contributed by atoms with Crippen molar-refractivity contribution >= 4 is 10.9 Å². The third-order valence-electron chi connectivity index (χ3n) is 3.38. The molecule has 0 amide bonds. The Labute approximate surface area is 116 Å². The summed E-state index contributed by atoms with van der Waals surface area (Å²) in [6, 6.07) is 3.74. The summed E-state index contributed by atoms with van der Waals surface area (Å²) in [5, 5.41) is 0.583. The zero-order valence-corrected chi connectivity index (χ0v) is 11.4. The first-order valence-electron chi connectivity index (χ1n) is 6.36. The van der Waals surface area contributed by atoms with E-state index in [-0.39, 0.29) is 5.56 Å². The zero-order chi connectivity index (χ0) is 14.1. The van der Waals surface area contributed by atoms with E-state index in [1.54, 1.807) is 35.6 Å². The Morgan fingerprint density at radius 1 is 1.20 bits per heavy atom. The Morgan fingerprint density at radius 3 is 2.85 bits per heavy atom. The highest BCUT2D eigenvalue weighted by Crippen LogP contribution is 2.08. The summed E-state index contributed by atoms with van der Waals surface area (Å²) in [5.74, 6) is 0. The lowest BCUT2D eigenvalue weighted by atomic mass is 10.1. The lowest BCUT2D eigenvalue weighted by Gasteiger charge is -2.08. The van der Waals surface area contributed by atoms with E-state index >= 15 is 0 Å². The molecular formula is C15H14N4O. The molecule has 3 heterocycles. The first-order valence-corrected chi connectivity index (χ1v) is 6.36. The first kappa shape index (κ1) is 12.5. The maximum absolute atomic E-state index is 12.4. The predicted octanol–water partition coefficient (Wildman–Crippen LogP) is 1.85. The van der Waals surface area contributed by atoms with E-state index in [1.165, 1.54) is 0 Å². The van der Waals surface area contributed by atoms with Gasteiger partial charge in [-0.15, -0.1) is 0 Å². The average molecular weight is 266 g/mol. The molecule has 100 valence electrons. The van der Waals surface area contributed by atoms with Crippen molar-refractivity contribution in [2.75, 3.05) is 0 Å². The fourth-order valence-electron chi connectivity index (χ4n) is 2.11. The number of rotatable bonds is 2. The van der Waals surface area contributed by atoms with Gasteiger partial charge in [0.25, 0.3) is 5.56 Å². The second-order valence-corrected chi connectivity index (χ2v) is 4.82. The van der Waals surface area contributed by atoms with E-state index in [0.717, 1.165) is 16.8 Å². The van der Waals surface area contributed by atoms with E-state index in [1.807, 2.05) is 19.9 Å². The molecule has 5 heteroatoms. The fraction of sp³-hybridized carbons (Fsp3) is 0.200. The van der Waals surface area contributed by atoms with E-state index < -0.39 is 0 Å². The molecule has 0 bridgehead atoms. The third kappa shape index (κ3) is 2.18. The SMILES string of the molecule is Cc1cc(Cn2cnc3cnccc3c2=O)cnc1C. The van der Waals surface area contributed by atoms with Crippen molar-refractivity contribution in [1.29, 1.82) is 0 Å². The summed E-state index contributed by atoms with van der Waals surface area (Å²) in [6.45, 7) is 4.45. The molecule has 0 unspecified atom stereocenters. The summed E-state index contributed by atoms with van der Waals surface area (Å²) in [7, 11) is 0. The highest BCUT2D eigenvalue weighted by molar-refractivity contribution is 5.75. The van der Waals surface area contributed by atoms with Crippen molar-refractivity contribution in [2.24, 2.45) is 0 Å². The highest BCUT2D eigenvalue weighted by Gasteiger charge is 2.05. The molecule has 3 aromatic heterocycles. The molecule has 5 nitrogen and oxygen atoms in total. The number of aromatic nitrogens is 4. The van der Waals surface area contributed by atoms with Crippen LogP contribution in [-0.4, -0.2) is 19.5 Å². The van der Waals surface area contributed by atoms with Crippen LogP contribution in [-0.2, 0) is 6.54 Å². The summed E-state index contributed by atoms with van der Waals surface area (Å²) in [6.07, 6.45) is 6.55. The van der Waals surface area contributed by atoms with Gasteiger partial charge in [-0.3, -0.25) is 19.3 Å². The largest absolute Gasteiger partial charge is 0.294 e. The monoisotopic (exact) mass is 266 g/mol. The van der Waals surface area contributed by atoms with Crippen LogP contribution in [0, 0.1) is 13.8 Å². The fourth-order valence-corrected chi connectivity index (χ4v) is 2.11. The van der Waals surface area contributed by atoms with E-state index in [0.29, 0.717) is 17.4 Å². The molecule has 0 aliphatic heterocycles. The average Bonchev–Trinajstić information content (AvgIpc) is 2.46. The Bertz CT molecular complexity index is 839. The maximum atomic E-state index is 12.4. The molecule has 0 N–H and O–H groups in total. The van der Waals surface area contributed by atoms with Gasteiger partial charge in [-0.05, 0) is 31.0 Å². The molecule has 20 heavy (non-hydrogen) atoms. The van der Waals surface area contributed by atoms with Gasteiger partial charge in [-0.2, -0.15) is 0 Å². The van der Waals surface area contributed by atoms with Crippen LogP contribution in [0.5, 0.6) is 0 Å². The van der Waals surface area contributed by atoms with Crippen LogP contribution in [0.4, 0.5) is 0 Å². The molecule has 0 spiro atoms. The highest BCUT2D eigenvalue weighted by atomic mass is 16.1. The predicted molar refractivity (Wildman–Crippen MR) is 76.6 cm³/mol. The van der Waals surface area contributed by atoms with Gasteiger partial charge in [0.15, 0.2) is 0 Å². The minimum absolute atomic E-state index is 0.0596. The number of nitrogens with zero attached hydrogens (tertiary/aromatic N) is 4. The zero-order valence-electron chi connectivity index (χ0n) is 11.4. The van der Waals surface area contributed by atoms with Crippen molar-refractivity contribution < 1.29 is 0 Å². The molecule has 0 saturated carbocycles. The van der Waals surface area contributed by atoms with Gasteiger partial charge in [0.1, 0.15) is 0 Å². The van der Waals surface area contributed by atoms with Gasteiger partial charge in [-0.25, -0.2) is 4.98 Å². The van der Waals surface area contributed by atoms with Crippen LogP contribution in [0.25, 0.3) is 10.9 Å². The number of hydrogen-bond acceptors (Lipinski definition) is 4. The Morgan fingerprint density at radius 2 is 2.05 bits per heavy atom. The lowest BCUT2D eigenvalue weighted by molar-refractivity contribution is 0.743. The molecule has 0 aliphatic rings. The Balaban J connectivity index is 2.04. The lowest BCUT2D eigenvalue weighted by Crippen LogP contribution is -2.21. The number of pyridine rings is 2. The van der Waals surface area contributed by atoms with Crippen molar-refractivity contribution in [2.45, 2.75) is 20.4 Å². The van der Waals surface area contributed by atoms with Crippen LogP contribution in [0.2, 0.25) is 0 Å². The van der Waals surface area contributed by atoms with E-state index in [4.69, 9.17) is 0 Å². The molecule has 3 rings (SSSR count). The summed E-state index contributed by atoms with van der Waals surface area (Å²) < 4.78 is 1.59. The smallest absolute Gasteiger partial charge is 0.261 e. The van der Waals surface area contributed by atoms with Crippen molar-refractivity contribution in [1.82, 2.24) is 19.5 Å². The van der Waals surface area contributed by atoms with Gasteiger partial charge >= 0.3 is 0 Å². The number of aryl methyl sites for hydroxylation is 2. The second kappa shape index (κ2) is 4.85. The van der Waals surface area contributed by atoms with Crippen LogP contribution in [0.1, 0.15) is 16.8 Å². The Kier molecular flexibility index (Phi) is 3.02. The van der Waals surface area contributed by atoms with Crippen LogP contribution in [0.15, 0.2) is 41.8 Å². The topological polar surface area (TPSA) is 60.7 Å². The molecule has 0 aromatic carbocycles. The van der Waals surface area contributed by atoms with Crippen LogP contribution < -0.4 is 5.56 Å². The number of fused-ring (bicyclic) bond motifs is 1. The van der Waals surface area contributed by atoms with Crippen LogP contribution in [0.3, 0.4) is 0 Å². The normalized spacial score (nSPS) is 10.9. The van der Waals surface area contributed by atoms with Crippen molar-refractivity contribution in [3.8, 4) is 0 Å². The summed E-state index contributed by atoms with van der Waals surface area (Å²) in [5.41, 5.74) is 3.67. The van der Waals surface area contributed by atoms with Crippen molar-refractivity contribution in [3.05, 3.63) is 64.2 Å². The van der Waals surface area contributed by atoms with Crippen LogP contribution >= 0.6 is 0 Å². The maximum Gasteiger partial charge on any atom is 0.261 e. The quantitative estimate of drug-likeness (QED) is 0.710. The van der Waals surface area contributed by atoms with Gasteiger partial charge in [0.05, 0.1) is 30.0 Å². The second-order valence-electron chi connectivity index (χ2n) is 4.82. The molecule has 0 saturated heterocycles. The van der Waals surface area contributed by atoms with E-state index in [2.05, 4.69) is 15.0 Å². The van der Waals surface area contributed by atoms with Gasteiger partial charge in [-0.1, -0.05) is 6.07 Å². The van der Waals surface area contributed by atoms with Gasteiger partial charge < -0.3 is 0 Å². The Hall–Kier alpha value is -2.56. The molecule has 0 radical (unpaired) electrons.